The molecule has 118 valence electrons. The molecule has 0 amide bonds. The Morgan fingerprint density at radius 3 is 2.55 bits per heavy atom. The average Bonchev–Trinajstić information content (AvgIpc) is 3.10. The van der Waals surface area contributed by atoms with E-state index in [2.05, 4.69) is 33.8 Å². The molecule has 1 saturated heterocycles. The molecule has 1 unspecified atom stereocenters. The zero-order chi connectivity index (χ0) is 15.4. The van der Waals surface area contributed by atoms with Gasteiger partial charge in [-0.1, -0.05) is 18.2 Å². The molecule has 1 atom stereocenters. The molecule has 1 aromatic heterocycles. The number of hydrogen-bond donors (Lipinski definition) is 1. The molecule has 3 rings (SSSR count). The molecule has 0 radical (unpaired) electrons. The Labute approximate surface area is 135 Å². The van der Waals surface area contributed by atoms with Crippen LogP contribution >= 0.6 is 11.3 Å². The van der Waals surface area contributed by atoms with Crippen LogP contribution in [-0.2, 0) is 0 Å². The highest BCUT2D eigenvalue weighted by Gasteiger charge is 2.28. The van der Waals surface area contributed by atoms with Gasteiger partial charge < -0.3 is 14.8 Å². The second-order valence-corrected chi connectivity index (χ2v) is 6.27. The van der Waals surface area contributed by atoms with Crippen LogP contribution in [0.4, 0.5) is 0 Å². The van der Waals surface area contributed by atoms with Crippen LogP contribution in [0, 0.1) is 0 Å². The molecule has 1 aromatic carbocycles. The Morgan fingerprint density at radius 1 is 1.09 bits per heavy atom. The van der Waals surface area contributed by atoms with Crippen LogP contribution in [-0.4, -0.2) is 45.3 Å². The molecule has 4 nitrogen and oxygen atoms in total. The molecule has 0 bridgehead atoms. The standard InChI is InChI=1S/C17H22N2O2S/c1-20-14-6-3-5-13(17(14)21-2)16(15-7-4-12-22-15)19-10-8-18-9-11-19/h3-7,12,16,18H,8-11H2,1-2H3. The van der Waals surface area contributed by atoms with Crippen molar-refractivity contribution in [2.75, 3.05) is 40.4 Å². The minimum absolute atomic E-state index is 0.215. The van der Waals surface area contributed by atoms with Gasteiger partial charge in [-0.05, 0) is 17.5 Å². The van der Waals surface area contributed by atoms with Gasteiger partial charge in [0.1, 0.15) is 0 Å². The normalized spacial score (nSPS) is 17.2. The Balaban J connectivity index is 2.06. The Kier molecular flexibility index (Phi) is 4.97. The molecular weight excluding hydrogens is 296 g/mol. The van der Waals surface area contributed by atoms with Gasteiger partial charge in [-0.15, -0.1) is 11.3 Å². The van der Waals surface area contributed by atoms with Crippen molar-refractivity contribution in [3.63, 3.8) is 0 Å². The molecule has 22 heavy (non-hydrogen) atoms. The predicted octanol–water partition coefficient (Wildman–Crippen LogP) is 2.76. The third-order valence-electron chi connectivity index (χ3n) is 4.06. The lowest BCUT2D eigenvalue weighted by Gasteiger charge is -2.35. The first-order valence-electron chi connectivity index (χ1n) is 7.54. The summed E-state index contributed by atoms with van der Waals surface area (Å²) in [6.45, 7) is 4.11. The summed E-state index contributed by atoms with van der Waals surface area (Å²) in [7, 11) is 3.40. The lowest BCUT2D eigenvalue weighted by molar-refractivity contribution is 0.197. The van der Waals surface area contributed by atoms with Crippen molar-refractivity contribution in [3.05, 3.63) is 46.2 Å². The summed E-state index contributed by atoms with van der Waals surface area (Å²) in [5, 5.41) is 5.56. The monoisotopic (exact) mass is 318 g/mol. The minimum atomic E-state index is 0.215. The molecule has 0 spiro atoms. The molecule has 1 N–H and O–H groups in total. The number of hydrogen-bond acceptors (Lipinski definition) is 5. The fraction of sp³-hybridized carbons (Fsp3) is 0.412. The SMILES string of the molecule is COc1cccc(C(c2cccs2)N2CCNCC2)c1OC. The maximum atomic E-state index is 5.67. The van der Waals surface area contributed by atoms with E-state index in [4.69, 9.17) is 9.47 Å². The molecule has 1 aliphatic heterocycles. The number of para-hydroxylation sites is 1. The molecule has 5 heteroatoms. The zero-order valence-electron chi connectivity index (χ0n) is 13.0. The second-order valence-electron chi connectivity index (χ2n) is 5.29. The summed E-state index contributed by atoms with van der Waals surface area (Å²) in [6.07, 6.45) is 0. The first-order valence-corrected chi connectivity index (χ1v) is 8.42. The zero-order valence-corrected chi connectivity index (χ0v) is 13.9. The van der Waals surface area contributed by atoms with Gasteiger partial charge in [-0.25, -0.2) is 0 Å². The molecule has 2 aromatic rings. The number of ether oxygens (including phenoxy) is 2. The maximum Gasteiger partial charge on any atom is 0.165 e. The highest BCUT2D eigenvalue weighted by molar-refractivity contribution is 7.10. The van der Waals surface area contributed by atoms with Crippen LogP contribution in [0.3, 0.4) is 0 Å². The van der Waals surface area contributed by atoms with E-state index in [1.165, 1.54) is 10.4 Å². The van der Waals surface area contributed by atoms with E-state index in [1.54, 1.807) is 25.6 Å². The van der Waals surface area contributed by atoms with Gasteiger partial charge in [0.2, 0.25) is 0 Å². The van der Waals surface area contributed by atoms with Crippen molar-refractivity contribution in [2.45, 2.75) is 6.04 Å². The van der Waals surface area contributed by atoms with Crippen molar-refractivity contribution < 1.29 is 9.47 Å². The van der Waals surface area contributed by atoms with Gasteiger partial charge >= 0.3 is 0 Å². The Hall–Kier alpha value is -1.56. The van der Waals surface area contributed by atoms with Crippen LogP contribution in [0.1, 0.15) is 16.5 Å². The van der Waals surface area contributed by atoms with E-state index in [9.17, 15) is 0 Å². The van der Waals surface area contributed by atoms with Crippen LogP contribution in [0.15, 0.2) is 35.7 Å². The lowest BCUT2D eigenvalue weighted by atomic mass is 10.0. The van der Waals surface area contributed by atoms with E-state index in [0.29, 0.717) is 0 Å². The van der Waals surface area contributed by atoms with E-state index >= 15 is 0 Å². The minimum Gasteiger partial charge on any atom is -0.493 e. The van der Waals surface area contributed by atoms with Crippen LogP contribution in [0.2, 0.25) is 0 Å². The van der Waals surface area contributed by atoms with Crippen LogP contribution in [0.5, 0.6) is 11.5 Å². The Morgan fingerprint density at radius 2 is 1.91 bits per heavy atom. The van der Waals surface area contributed by atoms with Gasteiger partial charge in [0.25, 0.3) is 0 Å². The topological polar surface area (TPSA) is 33.7 Å². The van der Waals surface area contributed by atoms with Crippen LogP contribution < -0.4 is 14.8 Å². The van der Waals surface area contributed by atoms with Crippen LogP contribution in [0.25, 0.3) is 0 Å². The first-order chi connectivity index (χ1) is 10.8. The van der Waals surface area contributed by atoms with Gasteiger partial charge in [0.15, 0.2) is 11.5 Å². The molecular formula is C17H22N2O2S. The highest BCUT2D eigenvalue weighted by atomic mass is 32.1. The third kappa shape index (κ3) is 2.97. The second kappa shape index (κ2) is 7.13. The van der Waals surface area contributed by atoms with Crippen molar-refractivity contribution in [1.29, 1.82) is 0 Å². The number of rotatable bonds is 5. The van der Waals surface area contributed by atoms with E-state index in [0.717, 1.165) is 37.7 Å². The average molecular weight is 318 g/mol. The third-order valence-corrected chi connectivity index (χ3v) is 4.98. The smallest absolute Gasteiger partial charge is 0.165 e. The van der Waals surface area contributed by atoms with Gasteiger partial charge in [0, 0.05) is 36.6 Å². The van der Waals surface area contributed by atoms with Crippen molar-refractivity contribution >= 4 is 11.3 Å². The molecule has 0 saturated carbocycles. The van der Waals surface area contributed by atoms with Gasteiger partial charge in [-0.3, -0.25) is 4.90 Å². The van der Waals surface area contributed by atoms with Crippen molar-refractivity contribution in [1.82, 2.24) is 10.2 Å². The summed E-state index contributed by atoms with van der Waals surface area (Å²) in [5.41, 5.74) is 1.17. The summed E-state index contributed by atoms with van der Waals surface area (Å²) in [5.74, 6) is 1.62. The van der Waals surface area contributed by atoms with E-state index in [1.807, 2.05) is 12.1 Å². The Bertz CT molecular complexity index is 595. The number of nitrogens with one attached hydrogen (secondary N) is 1. The molecule has 0 aliphatic carbocycles. The maximum absolute atomic E-state index is 5.67. The number of thiophene rings is 1. The van der Waals surface area contributed by atoms with E-state index in [-0.39, 0.29) is 6.04 Å². The summed E-state index contributed by atoms with van der Waals surface area (Å²) in [4.78, 5) is 3.85. The van der Waals surface area contributed by atoms with E-state index < -0.39 is 0 Å². The van der Waals surface area contributed by atoms with Crippen molar-refractivity contribution in [2.24, 2.45) is 0 Å². The largest absolute Gasteiger partial charge is 0.493 e. The summed E-state index contributed by atoms with van der Waals surface area (Å²) >= 11 is 1.79. The fourth-order valence-corrected chi connectivity index (χ4v) is 3.92. The summed E-state index contributed by atoms with van der Waals surface area (Å²) in [6, 6.07) is 10.7. The highest BCUT2D eigenvalue weighted by Crippen LogP contribution is 2.41. The number of piperazine rings is 1. The van der Waals surface area contributed by atoms with Gasteiger partial charge in [-0.2, -0.15) is 0 Å². The summed E-state index contributed by atoms with van der Waals surface area (Å²) < 4.78 is 11.2. The molecule has 2 heterocycles. The van der Waals surface area contributed by atoms with Crippen molar-refractivity contribution in [3.8, 4) is 11.5 Å². The number of benzene rings is 1. The lowest BCUT2D eigenvalue weighted by Crippen LogP contribution is -2.45. The molecule has 1 aliphatic rings. The quantitative estimate of drug-likeness (QED) is 0.919. The fourth-order valence-electron chi connectivity index (χ4n) is 3.04. The molecule has 1 fully saturated rings. The number of nitrogens with zero attached hydrogens (tertiary/aromatic N) is 1. The number of methoxy groups -OCH3 is 2. The predicted molar refractivity (Wildman–Crippen MR) is 90.2 cm³/mol. The first kappa shape index (κ1) is 15.3. The van der Waals surface area contributed by atoms with Gasteiger partial charge in [0.05, 0.1) is 20.3 Å².